The number of benzene rings is 3. The molecule has 2 amide bonds. The Labute approximate surface area is 339 Å². The van der Waals surface area contributed by atoms with E-state index in [-0.39, 0.29) is 40.3 Å². The highest BCUT2D eigenvalue weighted by Crippen LogP contribution is 2.39. The number of carbonyl (C=O) groups is 4. The Morgan fingerprint density at radius 1 is 0.789 bits per heavy atom. The van der Waals surface area contributed by atoms with Gasteiger partial charge in [-0.05, 0) is 136 Å². The van der Waals surface area contributed by atoms with E-state index in [4.69, 9.17) is 9.47 Å². The molecule has 3 aromatic carbocycles. The van der Waals surface area contributed by atoms with Gasteiger partial charge in [-0.3, -0.25) is 14.4 Å². The number of aryl methyl sites for hydroxylation is 3. The molecule has 2 N–H and O–H groups in total. The van der Waals surface area contributed by atoms with Gasteiger partial charge in [0.05, 0.1) is 36.2 Å². The second kappa shape index (κ2) is 19.1. The first-order chi connectivity index (χ1) is 27.5. The minimum absolute atomic E-state index is 0.0277. The lowest BCUT2D eigenvalue weighted by Gasteiger charge is -2.35. The summed E-state index contributed by atoms with van der Waals surface area (Å²) in [6.07, 6.45) is 8.95. The van der Waals surface area contributed by atoms with Gasteiger partial charge >= 0.3 is 11.9 Å². The zero-order valence-electron chi connectivity index (χ0n) is 32.8. The van der Waals surface area contributed by atoms with Crippen molar-refractivity contribution < 1.29 is 37.1 Å². The van der Waals surface area contributed by atoms with Crippen LogP contribution < -0.4 is 10.6 Å². The maximum atomic E-state index is 14.1. The van der Waals surface area contributed by atoms with Crippen molar-refractivity contribution in [2.75, 3.05) is 31.4 Å². The number of rotatable bonds is 15. The first-order valence-corrected chi connectivity index (χ1v) is 22.0. The molecule has 57 heavy (non-hydrogen) atoms. The number of hydrogen-bond acceptors (Lipinski definition) is 9. The topological polar surface area (TPSA) is 148 Å². The molecule has 2 aliphatic carbocycles. The standard InChI is InChI=1S/C44H51N3O8S2/c1-4-27-47(35-25-21-32(22-26-35)44(51)55-3)57(52,53)36-12-8-11-33(28-36)40(48)46-42-39(37-13-5-6-14-38(37)56-42)41(49)45-34-23-17-30(18-24-34)10-7-9-29-15-19-31(20-16-29)43(50)54-2/h8,11-12,15-20,23-24,28,32,35H,4-7,9-10,13-14,21-22,25-27H2,1-3H3,(H,45,49)(H,46,48)/t32-,35-. The Morgan fingerprint density at radius 3 is 2.11 bits per heavy atom. The van der Waals surface area contributed by atoms with Crippen molar-refractivity contribution in [2.45, 2.75) is 94.9 Å². The minimum atomic E-state index is -3.96. The molecule has 1 saturated carbocycles. The van der Waals surface area contributed by atoms with E-state index in [9.17, 15) is 27.6 Å². The fraction of sp³-hybridized carbons (Fsp3) is 0.409. The molecule has 1 heterocycles. The van der Waals surface area contributed by atoms with Gasteiger partial charge in [0.2, 0.25) is 10.0 Å². The highest BCUT2D eigenvalue weighted by atomic mass is 32.2. The molecule has 1 aromatic heterocycles. The average Bonchev–Trinajstić information content (AvgIpc) is 3.61. The van der Waals surface area contributed by atoms with Crippen LogP contribution >= 0.6 is 11.3 Å². The van der Waals surface area contributed by atoms with Gasteiger partial charge in [-0.15, -0.1) is 11.3 Å². The molecule has 0 spiro atoms. The third kappa shape index (κ3) is 10.0. The number of ether oxygens (including phenoxy) is 2. The molecule has 13 heteroatoms. The van der Waals surface area contributed by atoms with E-state index >= 15 is 0 Å². The van der Waals surface area contributed by atoms with E-state index in [2.05, 4.69) is 10.6 Å². The number of anilines is 2. The van der Waals surface area contributed by atoms with Crippen LogP contribution in [0.1, 0.15) is 111 Å². The number of thiophene rings is 1. The summed E-state index contributed by atoms with van der Waals surface area (Å²) in [5.74, 6) is -1.64. The summed E-state index contributed by atoms with van der Waals surface area (Å²) in [5, 5.41) is 6.46. The number of esters is 2. The summed E-state index contributed by atoms with van der Waals surface area (Å²) in [6.45, 7) is 2.25. The number of sulfonamides is 1. The quantitative estimate of drug-likeness (QED) is 0.114. The number of methoxy groups -OCH3 is 2. The predicted octanol–water partition coefficient (Wildman–Crippen LogP) is 8.23. The highest BCUT2D eigenvalue weighted by Gasteiger charge is 2.36. The molecule has 2 aliphatic rings. The lowest BCUT2D eigenvalue weighted by molar-refractivity contribution is -0.146. The maximum Gasteiger partial charge on any atom is 0.337 e. The van der Waals surface area contributed by atoms with Crippen molar-refractivity contribution >= 4 is 55.8 Å². The van der Waals surface area contributed by atoms with Crippen molar-refractivity contribution in [2.24, 2.45) is 5.92 Å². The van der Waals surface area contributed by atoms with Crippen LogP contribution in [0.25, 0.3) is 0 Å². The molecule has 0 radical (unpaired) electrons. The van der Waals surface area contributed by atoms with Crippen LogP contribution in [0, 0.1) is 5.92 Å². The Morgan fingerprint density at radius 2 is 1.46 bits per heavy atom. The molecular formula is C44H51N3O8S2. The fourth-order valence-corrected chi connectivity index (χ4v) is 11.0. The average molecular weight is 814 g/mol. The second-order valence-corrected chi connectivity index (χ2v) is 17.7. The van der Waals surface area contributed by atoms with E-state index in [0.717, 1.165) is 66.5 Å². The molecule has 302 valence electrons. The number of hydrogen-bond donors (Lipinski definition) is 2. The molecule has 0 bridgehead atoms. The van der Waals surface area contributed by atoms with Gasteiger partial charge in [-0.25, -0.2) is 13.2 Å². The van der Waals surface area contributed by atoms with Crippen LogP contribution in [0.15, 0.2) is 77.7 Å². The first kappa shape index (κ1) is 41.8. The van der Waals surface area contributed by atoms with Crippen molar-refractivity contribution in [3.63, 3.8) is 0 Å². The van der Waals surface area contributed by atoms with Crippen molar-refractivity contribution in [3.05, 3.63) is 111 Å². The summed E-state index contributed by atoms with van der Waals surface area (Å²) in [7, 11) is -1.22. The van der Waals surface area contributed by atoms with Crippen LogP contribution in [-0.2, 0) is 50.0 Å². The van der Waals surface area contributed by atoms with Gasteiger partial charge < -0.3 is 20.1 Å². The largest absolute Gasteiger partial charge is 0.469 e. The van der Waals surface area contributed by atoms with Crippen molar-refractivity contribution in [3.8, 4) is 0 Å². The maximum absolute atomic E-state index is 14.1. The van der Waals surface area contributed by atoms with E-state index in [1.165, 1.54) is 42.0 Å². The lowest BCUT2D eigenvalue weighted by atomic mass is 9.86. The fourth-order valence-electron chi connectivity index (χ4n) is 7.86. The third-order valence-corrected chi connectivity index (χ3v) is 14.1. The first-order valence-electron chi connectivity index (χ1n) is 19.8. The van der Waals surface area contributed by atoms with Crippen LogP contribution in [0.4, 0.5) is 10.7 Å². The molecule has 11 nitrogen and oxygen atoms in total. The van der Waals surface area contributed by atoms with Gasteiger partial charge in [-0.2, -0.15) is 4.31 Å². The number of fused-ring (bicyclic) bond motifs is 1. The molecule has 4 aromatic rings. The Bertz CT molecular complexity index is 2170. The Hall–Kier alpha value is -4.85. The van der Waals surface area contributed by atoms with E-state index in [1.54, 1.807) is 24.3 Å². The van der Waals surface area contributed by atoms with Gasteiger partial charge in [0.1, 0.15) is 5.00 Å². The smallest absolute Gasteiger partial charge is 0.337 e. The van der Waals surface area contributed by atoms with Crippen LogP contribution in [0.2, 0.25) is 0 Å². The minimum Gasteiger partial charge on any atom is -0.469 e. The summed E-state index contributed by atoms with van der Waals surface area (Å²) >= 11 is 1.41. The highest BCUT2D eigenvalue weighted by molar-refractivity contribution is 7.89. The summed E-state index contributed by atoms with van der Waals surface area (Å²) in [4.78, 5) is 52.7. The Balaban J connectivity index is 1.12. The monoisotopic (exact) mass is 813 g/mol. The van der Waals surface area contributed by atoms with E-state index in [0.29, 0.717) is 60.5 Å². The van der Waals surface area contributed by atoms with E-state index in [1.807, 2.05) is 43.3 Å². The number of amides is 2. The third-order valence-electron chi connectivity index (χ3n) is 10.9. The summed E-state index contributed by atoms with van der Waals surface area (Å²) in [6, 6.07) is 21.0. The molecule has 0 saturated heterocycles. The molecular weight excluding hydrogens is 763 g/mol. The normalized spacial score (nSPS) is 16.7. The molecule has 1 fully saturated rings. The van der Waals surface area contributed by atoms with Crippen LogP contribution in [0.3, 0.4) is 0 Å². The molecule has 0 atom stereocenters. The zero-order valence-corrected chi connectivity index (χ0v) is 34.4. The zero-order chi connectivity index (χ0) is 40.5. The number of nitrogens with one attached hydrogen (secondary N) is 2. The molecule has 0 unspecified atom stereocenters. The van der Waals surface area contributed by atoms with Crippen molar-refractivity contribution in [1.82, 2.24) is 4.31 Å². The number of nitrogens with zero attached hydrogens (tertiary/aromatic N) is 1. The SMILES string of the molecule is CCCN([C@H]1CC[C@H](C(=O)OC)CC1)S(=O)(=O)c1cccc(C(=O)Nc2sc3c(c2C(=O)Nc2ccc(CCCc4ccc(C(=O)OC)cc4)cc2)CCCC3)c1. The Kier molecular flexibility index (Phi) is 14.0. The predicted molar refractivity (Wildman–Crippen MR) is 222 cm³/mol. The van der Waals surface area contributed by atoms with Crippen LogP contribution in [0.5, 0.6) is 0 Å². The van der Waals surface area contributed by atoms with Gasteiger partial charge in [0, 0.05) is 28.7 Å². The van der Waals surface area contributed by atoms with Crippen molar-refractivity contribution in [1.29, 1.82) is 0 Å². The van der Waals surface area contributed by atoms with E-state index < -0.39 is 15.9 Å². The summed E-state index contributed by atoms with van der Waals surface area (Å²) in [5.41, 5.74) is 5.01. The summed E-state index contributed by atoms with van der Waals surface area (Å²) < 4.78 is 39.4. The van der Waals surface area contributed by atoms with Gasteiger partial charge in [0.25, 0.3) is 11.8 Å². The lowest BCUT2D eigenvalue weighted by Crippen LogP contribution is -2.43. The van der Waals surface area contributed by atoms with Gasteiger partial charge in [0.15, 0.2) is 0 Å². The number of carbonyl (C=O) groups excluding carboxylic acids is 4. The van der Waals surface area contributed by atoms with Gasteiger partial charge in [-0.1, -0.05) is 37.3 Å². The second-order valence-electron chi connectivity index (χ2n) is 14.7. The molecule has 0 aliphatic heterocycles. The van der Waals surface area contributed by atoms with Crippen LogP contribution in [-0.4, -0.2) is 63.3 Å². The molecule has 6 rings (SSSR count).